The predicted molar refractivity (Wildman–Crippen MR) is 86.6 cm³/mol. The van der Waals surface area contributed by atoms with Crippen molar-refractivity contribution in [2.75, 3.05) is 13.1 Å². The van der Waals surface area contributed by atoms with Crippen LogP contribution < -0.4 is 0 Å². The lowest BCUT2D eigenvalue weighted by molar-refractivity contribution is -0.131. The topological polar surface area (TPSA) is 124 Å². The quantitative estimate of drug-likeness (QED) is 0.665. The van der Waals surface area contributed by atoms with E-state index in [0.717, 1.165) is 12.4 Å². The number of amides is 1. The zero-order valence-corrected chi connectivity index (χ0v) is 14.5. The SMILES string of the molecule is Cc1nonc1CC(=O)N1CCC(c2nc(-c3ncc(F)cn3)no2)CC1. The third-order valence-electron chi connectivity index (χ3n) is 4.52. The van der Waals surface area contributed by atoms with Gasteiger partial charge in [0.05, 0.1) is 18.8 Å². The van der Waals surface area contributed by atoms with E-state index in [1.807, 2.05) is 0 Å². The van der Waals surface area contributed by atoms with Crippen molar-refractivity contribution in [1.29, 1.82) is 0 Å². The van der Waals surface area contributed by atoms with Gasteiger partial charge in [0.15, 0.2) is 5.82 Å². The number of hydrogen-bond donors (Lipinski definition) is 0. The number of carbonyl (C=O) groups is 1. The minimum atomic E-state index is -0.531. The van der Waals surface area contributed by atoms with Crippen LogP contribution in [-0.4, -0.2) is 54.3 Å². The molecule has 1 fully saturated rings. The molecule has 0 radical (unpaired) electrons. The highest BCUT2D eigenvalue weighted by molar-refractivity contribution is 5.78. The largest absolute Gasteiger partial charge is 0.342 e. The molecule has 10 nitrogen and oxygen atoms in total. The Kier molecular flexibility index (Phi) is 4.57. The highest BCUT2D eigenvalue weighted by Gasteiger charge is 2.28. The van der Waals surface area contributed by atoms with Gasteiger partial charge >= 0.3 is 0 Å². The van der Waals surface area contributed by atoms with E-state index in [2.05, 4.69) is 35.1 Å². The molecule has 1 aliphatic heterocycles. The minimum Gasteiger partial charge on any atom is -0.342 e. The molecule has 0 aliphatic carbocycles. The van der Waals surface area contributed by atoms with E-state index in [9.17, 15) is 9.18 Å². The van der Waals surface area contributed by atoms with E-state index >= 15 is 0 Å². The number of likely N-dealkylation sites (tertiary alicyclic amines) is 1. The second-order valence-corrected chi connectivity index (χ2v) is 6.31. The monoisotopic (exact) mass is 373 g/mol. The van der Waals surface area contributed by atoms with Crippen molar-refractivity contribution in [3.8, 4) is 11.6 Å². The molecule has 0 saturated carbocycles. The van der Waals surface area contributed by atoms with Gasteiger partial charge in [-0.25, -0.2) is 19.0 Å². The molecule has 0 bridgehead atoms. The van der Waals surface area contributed by atoms with Crippen LogP contribution in [0.2, 0.25) is 0 Å². The van der Waals surface area contributed by atoms with Crippen LogP contribution in [0.15, 0.2) is 21.5 Å². The number of rotatable bonds is 4. The van der Waals surface area contributed by atoms with Gasteiger partial charge in [-0.1, -0.05) is 15.5 Å². The smallest absolute Gasteiger partial charge is 0.240 e. The third kappa shape index (κ3) is 3.66. The summed E-state index contributed by atoms with van der Waals surface area (Å²) in [7, 11) is 0. The van der Waals surface area contributed by atoms with Gasteiger partial charge < -0.3 is 9.42 Å². The maximum absolute atomic E-state index is 12.9. The molecule has 3 aromatic heterocycles. The molecule has 3 aromatic rings. The second kappa shape index (κ2) is 7.17. The van der Waals surface area contributed by atoms with Crippen LogP contribution in [0.5, 0.6) is 0 Å². The zero-order chi connectivity index (χ0) is 18.8. The van der Waals surface area contributed by atoms with Crippen LogP contribution in [0.25, 0.3) is 11.6 Å². The third-order valence-corrected chi connectivity index (χ3v) is 4.52. The summed E-state index contributed by atoms with van der Waals surface area (Å²) in [5, 5.41) is 11.3. The summed E-state index contributed by atoms with van der Waals surface area (Å²) in [6.45, 7) is 2.92. The molecular weight excluding hydrogens is 357 g/mol. The molecule has 0 N–H and O–H groups in total. The summed E-state index contributed by atoms with van der Waals surface area (Å²) in [6, 6.07) is 0. The number of aryl methyl sites for hydroxylation is 1. The van der Waals surface area contributed by atoms with E-state index in [-0.39, 0.29) is 29.9 Å². The fourth-order valence-electron chi connectivity index (χ4n) is 2.96. The van der Waals surface area contributed by atoms with Gasteiger partial charge in [-0.05, 0) is 19.8 Å². The van der Waals surface area contributed by atoms with Crippen molar-refractivity contribution in [3.63, 3.8) is 0 Å². The van der Waals surface area contributed by atoms with Crippen LogP contribution in [0, 0.1) is 12.7 Å². The Morgan fingerprint density at radius 1 is 1.19 bits per heavy atom. The van der Waals surface area contributed by atoms with Crippen LogP contribution in [0.3, 0.4) is 0 Å². The molecule has 140 valence electrons. The summed E-state index contributed by atoms with van der Waals surface area (Å²) >= 11 is 0. The van der Waals surface area contributed by atoms with E-state index in [0.29, 0.717) is 43.2 Å². The fraction of sp³-hybridized carbons (Fsp3) is 0.438. The summed E-state index contributed by atoms with van der Waals surface area (Å²) in [4.78, 5) is 26.2. The lowest BCUT2D eigenvalue weighted by Gasteiger charge is -2.30. The number of nitrogens with zero attached hydrogens (tertiary/aromatic N) is 7. The molecule has 0 aromatic carbocycles. The van der Waals surface area contributed by atoms with Crippen LogP contribution >= 0.6 is 0 Å². The van der Waals surface area contributed by atoms with Crippen LogP contribution in [-0.2, 0) is 11.2 Å². The maximum Gasteiger partial charge on any atom is 0.240 e. The fourth-order valence-corrected chi connectivity index (χ4v) is 2.96. The molecule has 1 aliphatic rings. The van der Waals surface area contributed by atoms with Crippen molar-refractivity contribution in [2.24, 2.45) is 0 Å². The lowest BCUT2D eigenvalue weighted by Crippen LogP contribution is -2.39. The van der Waals surface area contributed by atoms with E-state index in [1.165, 1.54) is 0 Å². The lowest BCUT2D eigenvalue weighted by atomic mass is 9.96. The first-order valence-electron chi connectivity index (χ1n) is 8.47. The van der Waals surface area contributed by atoms with E-state index in [1.54, 1.807) is 11.8 Å². The van der Waals surface area contributed by atoms with Gasteiger partial charge in [0.1, 0.15) is 11.4 Å². The first-order valence-corrected chi connectivity index (χ1v) is 8.47. The molecule has 27 heavy (non-hydrogen) atoms. The van der Waals surface area contributed by atoms with Crippen LogP contribution in [0.4, 0.5) is 4.39 Å². The maximum atomic E-state index is 12.9. The normalized spacial score (nSPS) is 15.3. The molecule has 1 saturated heterocycles. The molecular formula is C16H16FN7O3. The Labute approximate surface area is 152 Å². The van der Waals surface area contributed by atoms with Crippen molar-refractivity contribution in [3.05, 3.63) is 35.5 Å². The van der Waals surface area contributed by atoms with E-state index in [4.69, 9.17) is 4.52 Å². The molecule has 1 amide bonds. The highest BCUT2D eigenvalue weighted by Crippen LogP contribution is 2.28. The van der Waals surface area contributed by atoms with Gasteiger partial charge in [-0.3, -0.25) is 4.79 Å². The number of halogens is 1. The molecule has 4 rings (SSSR count). The van der Waals surface area contributed by atoms with Gasteiger partial charge in [0.25, 0.3) is 0 Å². The van der Waals surface area contributed by atoms with Crippen molar-refractivity contribution in [2.45, 2.75) is 32.1 Å². The number of piperidine rings is 1. The first kappa shape index (κ1) is 17.2. The highest BCUT2D eigenvalue weighted by atomic mass is 19.1. The Balaban J connectivity index is 1.36. The standard InChI is InChI=1S/C16H16FN7O3/c1-9-12(22-27-21-9)6-13(25)24-4-2-10(3-5-24)16-20-15(23-26-16)14-18-7-11(17)8-19-14/h7-8,10H,2-6H2,1H3. The summed E-state index contributed by atoms with van der Waals surface area (Å²) in [5.41, 5.74) is 1.18. The van der Waals surface area contributed by atoms with Gasteiger partial charge in [0.2, 0.25) is 23.4 Å². The molecule has 11 heteroatoms. The van der Waals surface area contributed by atoms with Crippen molar-refractivity contribution >= 4 is 5.91 Å². The van der Waals surface area contributed by atoms with Gasteiger partial charge in [-0.15, -0.1) is 0 Å². The summed E-state index contributed by atoms with van der Waals surface area (Å²) in [6.07, 6.45) is 3.68. The minimum absolute atomic E-state index is 0.0156. The van der Waals surface area contributed by atoms with Crippen LogP contribution in [0.1, 0.15) is 36.0 Å². The zero-order valence-electron chi connectivity index (χ0n) is 14.5. The number of aromatic nitrogens is 6. The Morgan fingerprint density at radius 3 is 2.59 bits per heavy atom. The number of carbonyl (C=O) groups excluding carboxylic acids is 1. The Hall–Kier alpha value is -3.24. The van der Waals surface area contributed by atoms with Crippen molar-refractivity contribution in [1.82, 2.24) is 35.3 Å². The molecule has 0 spiro atoms. The Morgan fingerprint density at radius 2 is 1.93 bits per heavy atom. The van der Waals surface area contributed by atoms with Gasteiger partial charge in [0, 0.05) is 19.0 Å². The Bertz CT molecular complexity index is 932. The summed E-state index contributed by atoms with van der Waals surface area (Å²) < 4.78 is 22.8. The average Bonchev–Trinajstić information content (AvgIpc) is 3.32. The molecule has 0 unspecified atom stereocenters. The molecule has 0 atom stereocenters. The number of hydrogen-bond acceptors (Lipinski definition) is 9. The summed E-state index contributed by atoms with van der Waals surface area (Å²) in [5.74, 6) is 0.398. The molecule has 4 heterocycles. The first-order chi connectivity index (χ1) is 13.1. The van der Waals surface area contributed by atoms with E-state index < -0.39 is 5.82 Å². The van der Waals surface area contributed by atoms with Gasteiger partial charge in [-0.2, -0.15) is 4.98 Å². The van der Waals surface area contributed by atoms with Crippen molar-refractivity contribution < 1.29 is 18.3 Å². The predicted octanol–water partition coefficient (Wildman–Crippen LogP) is 1.31. The average molecular weight is 373 g/mol. The second-order valence-electron chi connectivity index (χ2n) is 6.31.